The highest BCUT2D eigenvalue weighted by Gasteiger charge is 1.29. The van der Waals surface area contributed by atoms with Gasteiger partial charge in [-0.05, 0) is 11.0 Å². The van der Waals surface area contributed by atoms with Crippen LogP contribution in [0.15, 0.2) is 4.66 Å². The minimum absolute atomic E-state index is 0. The van der Waals surface area contributed by atoms with Gasteiger partial charge in [-0.15, -0.1) is 0 Å². The Labute approximate surface area is 54.0 Å². The van der Waals surface area contributed by atoms with Crippen molar-refractivity contribution in [2.24, 2.45) is 4.66 Å². The molecule has 0 fully saturated rings. The fraction of sp³-hybridized carbons (Fsp3) is 0. The zero-order chi connectivity index (χ0) is 6.12. The van der Waals surface area contributed by atoms with Gasteiger partial charge in [0.15, 0.2) is 10.4 Å². The van der Waals surface area contributed by atoms with Gasteiger partial charge in [0.2, 0.25) is 12.2 Å². The number of nitrogens with one attached hydrogen (secondary N) is 1. The van der Waals surface area contributed by atoms with Gasteiger partial charge in [-0.1, -0.05) is 0 Å². The van der Waals surface area contributed by atoms with Crippen LogP contribution in [0.25, 0.3) is 0 Å². The maximum absolute atomic E-state index is 8.92. The number of rotatable bonds is 0. The second-order valence-corrected chi connectivity index (χ2v) is 0.864. The molecule has 0 aromatic heterocycles. The molecule has 0 amide bonds. The van der Waals surface area contributed by atoms with Gasteiger partial charge in [0.25, 0.3) is 0 Å². The lowest BCUT2D eigenvalue weighted by atomic mass is 11.7. The molecule has 0 atom stereocenters. The molecule has 0 aliphatic rings. The standard InChI is InChI=1S/CH3NOSi.CHNO.H4Si/c3-1-2-4;2-1-3;/h4H3;2H;1H4. The van der Waals surface area contributed by atoms with Crippen LogP contribution in [-0.2, 0) is 9.59 Å². The summed E-state index contributed by atoms with van der Waals surface area (Å²) < 4.78 is 3.07. The van der Waals surface area contributed by atoms with Crippen LogP contribution >= 0.6 is 0 Å². The summed E-state index contributed by atoms with van der Waals surface area (Å²) in [6.45, 7) is 0. The third-order valence-electron chi connectivity index (χ3n) is 0.0913. The maximum atomic E-state index is 8.92. The first-order chi connectivity index (χ1) is 3.33. The largest absolute Gasteiger partial charge is 0.260 e. The first-order valence-electron chi connectivity index (χ1n) is 1.33. The van der Waals surface area contributed by atoms with E-state index in [-0.39, 0.29) is 11.0 Å². The molecule has 4 nitrogen and oxygen atoms in total. The Hall–Kier alpha value is -0.806. The minimum Gasteiger partial charge on any atom is -0.260 e. The smallest absolute Gasteiger partial charge is 0.231 e. The minimum atomic E-state index is 0. The van der Waals surface area contributed by atoms with Crippen LogP contribution in [0.1, 0.15) is 0 Å². The maximum Gasteiger partial charge on any atom is 0.231 e. The lowest BCUT2D eigenvalue weighted by Crippen LogP contribution is -1.43. The Bertz CT molecular complexity index is 103. The number of isocyanates is 2. The molecule has 0 unspecified atom stereocenters. The second-order valence-electron chi connectivity index (χ2n) is 0.417. The highest BCUT2D eigenvalue weighted by molar-refractivity contribution is 6.07. The van der Waals surface area contributed by atoms with Gasteiger partial charge in [0, 0.05) is 0 Å². The van der Waals surface area contributed by atoms with Crippen LogP contribution in [0.4, 0.5) is 0 Å². The average molecular weight is 148 g/mol. The number of nitrogens with zero attached hydrogens (tertiary/aromatic N) is 1. The Balaban J connectivity index is -0.0000000575. The van der Waals surface area contributed by atoms with E-state index in [1.165, 1.54) is 6.08 Å². The lowest BCUT2D eigenvalue weighted by Gasteiger charge is -1.36. The first-order valence-corrected chi connectivity index (χ1v) is 2.22. The van der Waals surface area contributed by atoms with Crippen LogP contribution in [0.3, 0.4) is 0 Å². The Kier molecular flexibility index (Phi) is 68.1. The summed E-state index contributed by atoms with van der Waals surface area (Å²) in [5.41, 5.74) is 0. The Morgan fingerprint density at radius 3 is 1.62 bits per heavy atom. The molecule has 1 N–H and O–H groups in total. The van der Waals surface area contributed by atoms with E-state index in [9.17, 15) is 0 Å². The summed E-state index contributed by atoms with van der Waals surface area (Å²) in [7, 11) is 0.591. The van der Waals surface area contributed by atoms with E-state index >= 15 is 0 Å². The lowest BCUT2D eigenvalue weighted by molar-refractivity contribution is 0.562. The third-order valence-corrected chi connectivity index (χ3v) is 0.274. The van der Waals surface area contributed by atoms with Gasteiger partial charge < -0.3 is 0 Å². The normalized spacial score (nSPS) is 3.50. The summed E-state index contributed by atoms with van der Waals surface area (Å²) in [4.78, 5) is 17.3. The molecule has 0 aromatic carbocycles. The number of carbonyl (C=O) groups excluding carboxylic acids is 2. The molecule has 46 valence electrons. The summed E-state index contributed by atoms with van der Waals surface area (Å²) >= 11 is 0. The predicted molar refractivity (Wildman–Crippen MR) is 37.8 cm³/mol. The molecule has 0 saturated heterocycles. The summed E-state index contributed by atoms with van der Waals surface area (Å²) in [6.07, 6.45) is 2.12. The van der Waals surface area contributed by atoms with E-state index in [1.54, 1.807) is 0 Å². The van der Waals surface area contributed by atoms with Crippen molar-refractivity contribution >= 4 is 33.5 Å². The van der Waals surface area contributed by atoms with Crippen molar-refractivity contribution in [1.82, 2.24) is 0 Å². The molecule has 0 aromatic rings. The van der Waals surface area contributed by atoms with E-state index in [2.05, 4.69) is 4.66 Å². The van der Waals surface area contributed by atoms with E-state index in [4.69, 9.17) is 15.0 Å². The zero-order valence-corrected chi connectivity index (χ0v) is 5.76. The highest BCUT2D eigenvalue weighted by Crippen LogP contribution is 1.24. The van der Waals surface area contributed by atoms with E-state index in [0.717, 1.165) is 6.08 Å². The molecule has 0 aliphatic heterocycles. The van der Waals surface area contributed by atoms with Crippen LogP contribution in [0, 0.1) is 5.41 Å². The van der Waals surface area contributed by atoms with Gasteiger partial charge in [-0.25, -0.2) is 15.0 Å². The molecular weight excluding hydrogens is 140 g/mol. The van der Waals surface area contributed by atoms with Crippen molar-refractivity contribution in [3.05, 3.63) is 0 Å². The predicted octanol–water partition coefficient (Wildman–Crippen LogP) is -2.95. The fourth-order valence-electron chi connectivity index (χ4n) is 0. The second kappa shape index (κ2) is 34.7. The van der Waals surface area contributed by atoms with Crippen LogP contribution in [0.5, 0.6) is 0 Å². The Morgan fingerprint density at radius 1 is 1.50 bits per heavy atom. The highest BCUT2D eigenvalue weighted by atomic mass is 28.2. The van der Waals surface area contributed by atoms with E-state index in [1.807, 2.05) is 0 Å². The van der Waals surface area contributed by atoms with Crippen molar-refractivity contribution in [2.75, 3.05) is 0 Å². The SMILES string of the molecule is N=C=O.O=C=N[SiH3].[SiH4]. The molecule has 0 heterocycles. The molecule has 0 bridgehead atoms. The summed E-state index contributed by atoms with van der Waals surface area (Å²) in [5.74, 6) is 0. The Morgan fingerprint density at radius 2 is 1.62 bits per heavy atom. The van der Waals surface area contributed by atoms with E-state index < -0.39 is 0 Å². The van der Waals surface area contributed by atoms with Crippen molar-refractivity contribution in [3.8, 4) is 0 Å². The van der Waals surface area contributed by atoms with Crippen LogP contribution < -0.4 is 0 Å². The third kappa shape index (κ3) is 2430. The first kappa shape index (κ1) is 15.7. The molecule has 0 radical (unpaired) electrons. The molecule has 0 spiro atoms. The van der Waals surface area contributed by atoms with Gasteiger partial charge in [-0.3, -0.25) is 4.66 Å². The van der Waals surface area contributed by atoms with Gasteiger partial charge in [0.05, 0.1) is 0 Å². The van der Waals surface area contributed by atoms with E-state index in [0.29, 0.717) is 10.4 Å². The molecule has 0 rings (SSSR count). The summed E-state index contributed by atoms with van der Waals surface area (Å²) in [5, 5.41) is 5.40. The monoisotopic (exact) mass is 148 g/mol. The van der Waals surface area contributed by atoms with Gasteiger partial charge in [-0.2, -0.15) is 0 Å². The molecule has 6 heteroatoms. The fourth-order valence-corrected chi connectivity index (χ4v) is 0. The van der Waals surface area contributed by atoms with Crippen LogP contribution in [-0.4, -0.2) is 33.5 Å². The topological polar surface area (TPSA) is 70.3 Å². The zero-order valence-electron chi connectivity index (χ0n) is 3.76. The molecular formula is C2H8N2O2Si2. The molecule has 0 aliphatic carbocycles. The van der Waals surface area contributed by atoms with Crippen LogP contribution in [0.2, 0.25) is 0 Å². The van der Waals surface area contributed by atoms with Crippen molar-refractivity contribution in [3.63, 3.8) is 0 Å². The van der Waals surface area contributed by atoms with Crippen molar-refractivity contribution in [1.29, 1.82) is 5.41 Å². The number of hydrogen-bond donors (Lipinski definition) is 1. The quantitative estimate of drug-likeness (QED) is 0.227. The average Bonchev–Trinajstić information content (AvgIpc) is 1.69. The van der Waals surface area contributed by atoms with Crippen molar-refractivity contribution in [2.45, 2.75) is 0 Å². The molecule has 8 heavy (non-hydrogen) atoms. The van der Waals surface area contributed by atoms with Gasteiger partial charge in [0.1, 0.15) is 0 Å². The number of hydrogen-bond acceptors (Lipinski definition) is 4. The van der Waals surface area contributed by atoms with Crippen molar-refractivity contribution < 1.29 is 9.59 Å². The summed E-state index contributed by atoms with van der Waals surface area (Å²) in [6, 6.07) is 0. The van der Waals surface area contributed by atoms with Gasteiger partial charge >= 0.3 is 0 Å². The molecule has 0 saturated carbocycles.